The Hall–Kier alpha value is -3.65. The number of methoxy groups -OCH3 is 2. The number of ketones is 1. The van der Waals surface area contributed by atoms with Gasteiger partial charge in [0.1, 0.15) is 17.3 Å². The van der Waals surface area contributed by atoms with Crippen molar-refractivity contribution < 1.29 is 18.7 Å². The fourth-order valence-corrected chi connectivity index (χ4v) is 4.18. The van der Waals surface area contributed by atoms with Crippen molar-refractivity contribution in [1.29, 1.82) is 0 Å². The summed E-state index contributed by atoms with van der Waals surface area (Å²) < 4.78 is 26.9. The Morgan fingerprint density at radius 1 is 1.00 bits per heavy atom. The fourth-order valence-electron chi connectivity index (χ4n) is 3.35. The molecule has 0 aliphatic carbocycles. The Morgan fingerprint density at radius 2 is 1.76 bits per heavy atom. The van der Waals surface area contributed by atoms with Crippen LogP contribution in [0.15, 0.2) is 71.9 Å². The highest BCUT2D eigenvalue weighted by molar-refractivity contribution is 7.99. The largest absolute Gasteiger partial charge is 0.497 e. The fraction of sp³-hybridized carbons (Fsp3) is 0.160. The van der Waals surface area contributed by atoms with Gasteiger partial charge in [-0.3, -0.25) is 9.36 Å². The summed E-state index contributed by atoms with van der Waals surface area (Å²) in [7, 11) is 3.06. The molecule has 0 bridgehead atoms. The van der Waals surface area contributed by atoms with E-state index in [0.29, 0.717) is 33.6 Å². The SMILES string of the molecule is COc1ccc(OC)c(C(=O)CSc2nnc(-c3ccccc3F)n2-c2ccc(C)cc2)c1. The van der Waals surface area contributed by atoms with Crippen LogP contribution in [0.3, 0.4) is 0 Å². The summed E-state index contributed by atoms with van der Waals surface area (Å²) in [5.41, 5.74) is 2.62. The van der Waals surface area contributed by atoms with Crippen molar-refractivity contribution in [3.63, 3.8) is 0 Å². The molecule has 0 aliphatic rings. The Morgan fingerprint density at radius 3 is 2.45 bits per heavy atom. The number of rotatable bonds is 8. The highest BCUT2D eigenvalue weighted by Crippen LogP contribution is 2.31. The van der Waals surface area contributed by atoms with Crippen LogP contribution >= 0.6 is 11.8 Å². The zero-order chi connectivity index (χ0) is 23.4. The quantitative estimate of drug-likeness (QED) is 0.258. The van der Waals surface area contributed by atoms with E-state index in [1.54, 1.807) is 48.1 Å². The molecule has 0 N–H and O–H groups in total. The van der Waals surface area contributed by atoms with E-state index < -0.39 is 5.82 Å². The molecule has 168 valence electrons. The van der Waals surface area contributed by atoms with Crippen LogP contribution in [0.25, 0.3) is 17.1 Å². The number of hydrogen-bond acceptors (Lipinski definition) is 6. The smallest absolute Gasteiger partial charge is 0.196 e. The summed E-state index contributed by atoms with van der Waals surface area (Å²) in [5.74, 6) is 0.937. The molecule has 0 atom stereocenters. The van der Waals surface area contributed by atoms with Crippen LogP contribution < -0.4 is 9.47 Å². The highest BCUT2D eigenvalue weighted by atomic mass is 32.2. The Bertz CT molecular complexity index is 1290. The van der Waals surface area contributed by atoms with Crippen molar-refractivity contribution in [2.45, 2.75) is 12.1 Å². The Kier molecular flexibility index (Phi) is 6.74. The first-order chi connectivity index (χ1) is 16.0. The minimum Gasteiger partial charge on any atom is -0.497 e. The molecule has 0 amide bonds. The van der Waals surface area contributed by atoms with Crippen molar-refractivity contribution in [2.24, 2.45) is 0 Å². The number of hydrogen-bond donors (Lipinski definition) is 0. The molecule has 0 fully saturated rings. The van der Waals surface area contributed by atoms with Crippen molar-refractivity contribution >= 4 is 17.5 Å². The van der Waals surface area contributed by atoms with Crippen molar-refractivity contribution in [3.8, 4) is 28.6 Å². The maximum Gasteiger partial charge on any atom is 0.196 e. The third kappa shape index (κ3) is 4.75. The van der Waals surface area contributed by atoms with Gasteiger partial charge in [-0.25, -0.2) is 4.39 Å². The molecule has 3 aromatic carbocycles. The van der Waals surface area contributed by atoms with Crippen molar-refractivity contribution in [2.75, 3.05) is 20.0 Å². The number of aryl methyl sites for hydroxylation is 1. The van der Waals surface area contributed by atoms with Gasteiger partial charge >= 0.3 is 0 Å². The lowest BCUT2D eigenvalue weighted by Gasteiger charge is -2.12. The van der Waals surface area contributed by atoms with Crippen LogP contribution in [0.2, 0.25) is 0 Å². The van der Waals surface area contributed by atoms with Crippen molar-refractivity contribution in [1.82, 2.24) is 14.8 Å². The minimum atomic E-state index is -0.396. The average molecular weight is 464 g/mol. The predicted molar refractivity (Wildman–Crippen MR) is 126 cm³/mol. The number of benzene rings is 3. The molecule has 1 heterocycles. The third-order valence-electron chi connectivity index (χ3n) is 5.08. The van der Waals surface area contributed by atoms with E-state index in [2.05, 4.69) is 10.2 Å². The lowest BCUT2D eigenvalue weighted by molar-refractivity contribution is 0.101. The molecule has 33 heavy (non-hydrogen) atoms. The highest BCUT2D eigenvalue weighted by Gasteiger charge is 2.21. The molecule has 0 unspecified atom stereocenters. The molecule has 8 heteroatoms. The van der Waals surface area contributed by atoms with E-state index in [9.17, 15) is 9.18 Å². The second-order valence-corrected chi connectivity index (χ2v) is 8.18. The van der Waals surface area contributed by atoms with E-state index >= 15 is 0 Å². The van der Waals surface area contributed by atoms with E-state index in [-0.39, 0.29) is 11.5 Å². The molecule has 4 aromatic rings. The number of Topliss-reactive ketones (excluding diaryl/α,β-unsaturated/α-hetero) is 1. The summed E-state index contributed by atoms with van der Waals surface area (Å²) in [5, 5.41) is 9.01. The van der Waals surface area contributed by atoms with Gasteiger partial charge in [0.05, 0.1) is 31.1 Å². The van der Waals surface area contributed by atoms with Gasteiger partial charge in [0, 0.05) is 5.69 Å². The molecular weight excluding hydrogens is 441 g/mol. The normalized spacial score (nSPS) is 10.8. The molecule has 1 aromatic heterocycles. The summed E-state index contributed by atoms with van der Waals surface area (Å²) >= 11 is 1.22. The van der Waals surface area contributed by atoms with E-state index in [0.717, 1.165) is 11.3 Å². The zero-order valence-electron chi connectivity index (χ0n) is 18.4. The second kappa shape index (κ2) is 9.87. The van der Waals surface area contributed by atoms with Crippen LogP contribution in [-0.4, -0.2) is 40.5 Å². The second-order valence-electron chi connectivity index (χ2n) is 7.24. The lowest BCUT2D eigenvalue weighted by atomic mass is 10.1. The summed E-state index contributed by atoms with van der Waals surface area (Å²) in [4.78, 5) is 13.0. The van der Waals surface area contributed by atoms with Gasteiger partial charge in [-0.2, -0.15) is 0 Å². The number of nitrogens with zero attached hydrogens (tertiary/aromatic N) is 3. The topological polar surface area (TPSA) is 66.2 Å². The molecule has 0 aliphatic heterocycles. The number of aromatic nitrogens is 3. The number of thioether (sulfide) groups is 1. The lowest BCUT2D eigenvalue weighted by Crippen LogP contribution is -2.07. The summed E-state index contributed by atoms with van der Waals surface area (Å²) in [6.45, 7) is 1.99. The first kappa shape index (κ1) is 22.5. The van der Waals surface area contributed by atoms with Gasteiger partial charge in [-0.05, 0) is 49.4 Å². The number of carbonyl (C=O) groups is 1. The van der Waals surface area contributed by atoms with Gasteiger partial charge in [0.15, 0.2) is 16.8 Å². The van der Waals surface area contributed by atoms with Crippen LogP contribution in [0.5, 0.6) is 11.5 Å². The van der Waals surface area contributed by atoms with Gasteiger partial charge < -0.3 is 9.47 Å². The number of ether oxygens (including phenoxy) is 2. The van der Waals surface area contributed by atoms with Crippen LogP contribution in [0.4, 0.5) is 4.39 Å². The molecule has 6 nitrogen and oxygen atoms in total. The first-order valence-corrected chi connectivity index (χ1v) is 11.2. The van der Waals surface area contributed by atoms with Gasteiger partial charge in [-0.1, -0.05) is 41.6 Å². The summed E-state index contributed by atoms with van der Waals surface area (Å²) in [6.07, 6.45) is 0. The average Bonchev–Trinajstić information content (AvgIpc) is 3.26. The third-order valence-corrected chi connectivity index (χ3v) is 6.01. The van der Waals surface area contributed by atoms with Crippen LogP contribution in [0, 0.1) is 12.7 Å². The maximum atomic E-state index is 14.6. The van der Waals surface area contributed by atoms with Gasteiger partial charge in [0.2, 0.25) is 0 Å². The standard InChI is InChI=1S/C25H22FN3O3S/c1-16-8-10-17(11-9-16)29-24(19-6-4-5-7-21(19)26)27-28-25(29)33-15-22(30)20-14-18(31-2)12-13-23(20)32-3/h4-14H,15H2,1-3H3. The Balaban J connectivity index is 1.69. The minimum absolute atomic E-state index is 0.0881. The van der Waals surface area contributed by atoms with E-state index in [1.807, 2.05) is 31.2 Å². The number of carbonyl (C=O) groups excluding carboxylic acids is 1. The maximum absolute atomic E-state index is 14.6. The van der Waals surface area contributed by atoms with Crippen molar-refractivity contribution in [3.05, 3.63) is 83.7 Å². The first-order valence-electron chi connectivity index (χ1n) is 10.2. The number of halogens is 1. The molecule has 0 radical (unpaired) electrons. The summed E-state index contributed by atoms with van der Waals surface area (Å²) in [6, 6.07) is 19.2. The molecular formula is C25H22FN3O3S. The van der Waals surface area contributed by atoms with E-state index in [1.165, 1.54) is 24.9 Å². The monoisotopic (exact) mass is 463 g/mol. The predicted octanol–water partition coefficient (Wildman–Crippen LogP) is 5.37. The van der Waals surface area contributed by atoms with Gasteiger partial charge in [0.25, 0.3) is 0 Å². The molecule has 0 spiro atoms. The molecule has 0 saturated heterocycles. The van der Waals surface area contributed by atoms with Crippen LogP contribution in [-0.2, 0) is 0 Å². The molecule has 0 saturated carbocycles. The van der Waals surface area contributed by atoms with Crippen LogP contribution in [0.1, 0.15) is 15.9 Å². The van der Waals surface area contributed by atoms with E-state index in [4.69, 9.17) is 9.47 Å². The Labute approximate surface area is 195 Å². The zero-order valence-corrected chi connectivity index (χ0v) is 19.2. The molecule has 4 rings (SSSR count). The van der Waals surface area contributed by atoms with Gasteiger partial charge in [-0.15, -0.1) is 10.2 Å².